The third-order valence-electron chi connectivity index (χ3n) is 6.91. The maximum Gasteiger partial charge on any atom is 0.228 e. The normalized spacial score (nSPS) is 45.4. The van der Waals surface area contributed by atoms with E-state index < -0.39 is 0 Å². The molecule has 5 aliphatic rings. The van der Waals surface area contributed by atoms with Gasteiger partial charge in [-0.2, -0.15) is 0 Å². The van der Waals surface area contributed by atoms with Gasteiger partial charge in [0.2, 0.25) is 5.91 Å². The van der Waals surface area contributed by atoms with Crippen molar-refractivity contribution in [2.75, 3.05) is 20.1 Å². The summed E-state index contributed by atoms with van der Waals surface area (Å²) in [6, 6.07) is 0.473. The first kappa shape index (κ1) is 14.0. The number of amides is 1. The fourth-order valence-corrected chi connectivity index (χ4v) is 6.30. The van der Waals surface area contributed by atoms with Crippen molar-refractivity contribution >= 4 is 5.91 Å². The molecule has 118 valence electrons. The van der Waals surface area contributed by atoms with E-state index in [1.54, 1.807) is 0 Å². The zero-order chi connectivity index (χ0) is 14.4. The van der Waals surface area contributed by atoms with E-state index in [-0.39, 0.29) is 5.41 Å². The summed E-state index contributed by atoms with van der Waals surface area (Å²) >= 11 is 0. The van der Waals surface area contributed by atoms with Gasteiger partial charge in [0.1, 0.15) is 0 Å². The zero-order valence-electron chi connectivity index (χ0n) is 13.4. The van der Waals surface area contributed by atoms with Crippen LogP contribution in [0.2, 0.25) is 0 Å². The van der Waals surface area contributed by atoms with E-state index in [0.29, 0.717) is 11.9 Å². The molecule has 1 N–H and O–H groups in total. The zero-order valence-corrected chi connectivity index (χ0v) is 13.4. The van der Waals surface area contributed by atoms with Crippen molar-refractivity contribution in [3.05, 3.63) is 0 Å². The predicted molar refractivity (Wildman–Crippen MR) is 83.9 cm³/mol. The number of hydrogen-bond donors (Lipinski definition) is 1. The van der Waals surface area contributed by atoms with Gasteiger partial charge in [-0.1, -0.05) is 0 Å². The summed E-state index contributed by atoms with van der Waals surface area (Å²) in [5, 5.41) is 3.47. The number of hydrogen-bond acceptors (Lipinski definition) is 2. The second-order valence-corrected chi connectivity index (χ2v) is 8.45. The van der Waals surface area contributed by atoms with Gasteiger partial charge in [-0.3, -0.25) is 4.79 Å². The summed E-state index contributed by atoms with van der Waals surface area (Å²) in [5.74, 6) is 3.10. The third kappa shape index (κ3) is 2.42. The van der Waals surface area contributed by atoms with Crippen LogP contribution < -0.4 is 5.32 Å². The average molecular weight is 290 g/mol. The summed E-state index contributed by atoms with van der Waals surface area (Å²) in [5.41, 5.74) is 0.0449. The van der Waals surface area contributed by atoms with Gasteiger partial charge < -0.3 is 10.2 Å². The lowest BCUT2D eigenvalue weighted by molar-refractivity contribution is -0.158. The molecule has 1 amide bonds. The van der Waals surface area contributed by atoms with E-state index in [2.05, 4.69) is 17.3 Å². The Bertz CT molecular complexity index is 376. The maximum absolute atomic E-state index is 13.3. The van der Waals surface area contributed by atoms with Crippen LogP contribution in [-0.4, -0.2) is 37.0 Å². The van der Waals surface area contributed by atoms with E-state index in [1.807, 2.05) is 0 Å². The molecule has 4 bridgehead atoms. The molecule has 1 unspecified atom stereocenters. The highest BCUT2D eigenvalue weighted by Gasteiger charge is 2.55. The summed E-state index contributed by atoms with van der Waals surface area (Å²) in [6.45, 7) is 2.19. The molecule has 0 aromatic carbocycles. The van der Waals surface area contributed by atoms with Crippen LogP contribution in [0.25, 0.3) is 0 Å². The molecule has 0 spiro atoms. The molecule has 1 aliphatic heterocycles. The molecular weight excluding hydrogens is 260 g/mol. The fourth-order valence-electron chi connectivity index (χ4n) is 6.30. The smallest absolute Gasteiger partial charge is 0.228 e. The molecule has 1 heterocycles. The minimum absolute atomic E-state index is 0.0449. The molecule has 5 rings (SSSR count). The Balaban J connectivity index is 1.51. The van der Waals surface area contributed by atoms with Crippen LogP contribution in [0.1, 0.15) is 57.8 Å². The van der Waals surface area contributed by atoms with Crippen molar-refractivity contribution in [2.24, 2.45) is 23.2 Å². The van der Waals surface area contributed by atoms with E-state index in [0.717, 1.165) is 37.3 Å². The number of rotatable bonds is 2. The molecular formula is C18H30N2O. The number of nitrogens with one attached hydrogen (secondary N) is 1. The van der Waals surface area contributed by atoms with Crippen LogP contribution >= 0.6 is 0 Å². The quantitative estimate of drug-likeness (QED) is 0.848. The van der Waals surface area contributed by atoms with Gasteiger partial charge in [-0.05, 0) is 88.6 Å². The minimum Gasteiger partial charge on any atom is -0.342 e. The Morgan fingerprint density at radius 1 is 1.00 bits per heavy atom. The predicted octanol–water partition coefficient (Wildman–Crippen LogP) is 2.80. The second kappa shape index (κ2) is 5.26. The maximum atomic E-state index is 13.3. The van der Waals surface area contributed by atoms with Gasteiger partial charge in [-0.25, -0.2) is 0 Å². The lowest BCUT2D eigenvalue weighted by Gasteiger charge is -2.56. The van der Waals surface area contributed by atoms with Gasteiger partial charge in [0.15, 0.2) is 0 Å². The molecule has 0 aromatic heterocycles. The second-order valence-electron chi connectivity index (χ2n) is 8.45. The van der Waals surface area contributed by atoms with Gasteiger partial charge in [0, 0.05) is 13.1 Å². The van der Waals surface area contributed by atoms with Gasteiger partial charge in [0.25, 0.3) is 0 Å². The Morgan fingerprint density at radius 2 is 1.62 bits per heavy atom. The van der Waals surface area contributed by atoms with Crippen molar-refractivity contribution in [2.45, 2.75) is 63.8 Å². The van der Waals surface area contributed by atoms with Crippen molar-refractivity contribution in [3.63, 3.8) is 0 Å². The Kier molecular flexibility index (Phi) is 3.52. The highest BCUT2D eigenvalue weighted by Crippen LogP contribution is 2.60. The molecule has 1 saturated heterocycles. The van der Waals surface area contributed by atoms with Crippen molar-refractivity contribution in [1.29, 1.82) is 0 Å². The average Bonchev–Trinajstić information content (AvgIpc) is 2.73. The fraction of sp³-hybridized carbons (Fsp3) is 0.944. The topological polar surface area (TPSA) is 32.3 Å². The van der Waals surface area contributed by atoms with E-state index >= 15 is 0 Å². The summed E-state index contributed by atoms with van der Waals surface area (Å²) in [7, 11) is 2.09. The van der Waals surface area contributed by atoms with Gasteiger partial charge >= 0.3 is 0 Å². The number of carbonyl (C=O) groups is 1. The SMILES string of the molecule is CN(C(=O)C12CC3CC(CC(C3)C1)C2)C1CCCNCC1. The molecule has 3 nitrogen and oxygen atoms in total. The van der Waals surface area contributed by atoms with Crippen molar-refractivity contribution < 1.29 is 4.79 Å². The van der Waals surface area contributed by atoms with Crippen LogP contribution in [0.5, 0.6) is 0 Å². The molecule has 0 radical (unpaired) electrons. The van der Waals surface area contributed by atoms with Gasteiger partial charge in [0.05, 0.1) is 5.41 Å². The molecule has 4 aliphatic carbocycles. The lowest BCUT2D eigenvalue weighted by Crippen LogP contribution is -2.55. The number of carbonyl (C=O) groups excluding carboxylic acids is 1. The van der Waals surface area contributed by atoms with Crippen molar-refractivity contribution in [1.82, 2.24) is 10.2 Å². The highest BCUT2D eigenvalue weighted by molar-refractivity contribution is 5.83. The molecule has 1 atom stereocenters. The molecule has 4 saturated carbocycles. The first-order valence-electron chi connectivity index (χ1n) is 9.14. The van der Waals surface area contributed by atoms with Crippen LogP contribution in [0.15, 0.2) is 0 Å². The van der Waals surface area contributed by atoms with Gasteiger partial charge in [-0.15, -0.1) is 0 Å². The summed E-state index contributed by atoms with van der Waals surface area (Å²) in [6.07, 6.45) is 11.4. The Hall–Kier alpha value is -0.570. The van der Waals surface area contributed by atoms with E-state index in [4.69, 9.17) is 0 Å². The monoisotopic (exact) mass is 290 g/mol. The third-order valence-corrected chi connectivity index (χ3v) is 6.91. The minimum atomic E-state index is 0.0449. The highest BCUT2D eigenvalue weighted by atomic mass is 16.2. The van der Waals surface area contributed by atoms with Crippen LogP contribution in [0, 0.1) is 23.2 Å². The van der Waals surface area contributed by atoms with Crippen LogP contribution in [0.3, 0.4) is 0 Å². The molecule has 5 fully saturated rings. The molecule has 3 heteroatoms. The van der Waals surface area contributed by atoms with E-state index in [1.165, 1.54) is 51.4 Å². The Morgan fingerprint density at radius 3 is 2.24 bits per heavy atom. The van der Waals surface area contributed by atoms with Crippen LogP contribution in [0.4, 0.5) is 0 Å². The molecule has 21 heavy (non-hydrogen) atoms. The molecule has 0 aromatic rings. The lowest BCUT2D eigenvalue weighted by atomic mass is 9.49. The van der Waals surface area contributed by atoms with E-state index in [9.17, 15) is 4.79 Å². The van der Waals surface area contributed by atoms with Crippen LogP contribution in [-0.2, 0) is 4.79 Å². The number of nitrogens with zero attached hydrogens (tertiary/aromatic N) is 1. The standard InChI is InChI=1S/C18H30N2O/c1-20(16-3-2-5-19-6-4-16)17(21)18-10-13-7-14(11-18)9-15(8-13)12-18/h13-16,19H,2-12H2,1H3. The van der Waals surface area contributed by atoms with Crippen molar-refractivity contribution in [3.8, 4) is 0 Å². The summed E-state index contributed by atoms with van der Waals surface area (Å²) in [4.78, 5) is 15.5. The summed E-state index contributed by atoms with van der Waals surface area (Å²) < 4.78 is 0. The first-order valence-corrected chi connectivity index (χ1v) is 9.14. The Labute approximate surface area is 128 Å². The first-order chi connectivity index (χ1) is 10.2. The largest absolute Gasteiger partial charge is 0.342 e.